The molecule has 1 aromatic rings. The largest absolute Gasteiger partial charge is 0.394 e. The molecule has 0 unspecified atom stereocenters. The van der Waals surface area contributed by atoms with Crippen LogP contribution in [-0.2, 0) is 5.88 Å². The maximum atomic E-state index is 12.2. The Morgan fingerprint density at radius 2 is 2.11 bits per heavy atom. The monoisotopic (exact) mass is 267 g/mol. The van der Waals surface area contributed by atoms with Crippen molar-refractivity contribution < 1.29 is 9.90 Å². The molecule has 98 valence electrons. The minimum absolute atomic E-state index is 0.00787. The summed E-state index contributed by atoms with van der Waals surface area (Å²) in [6.07, 6.45) is 3.82. The molecule has 2 rings (SSSR count). The summed E-state index contributed by atoms with van der Waals surface area (Å²) in [6, 6.07) is 7.28. The molecule has 18 heavy (non-hydrogen) atoms. The van der Waals surface area contributed by atoms with Crippen molar-refractivity contribution in [1.29, 1.82) is 0 Å². The van der Waals surface area contributed by atoms with Crippen LogP contribution in [-0.4, -0.2) is 23.2 Å². The standard InChI is InChI=1S/C14H18ClNO2/c15-9-11-4-3-5-12(8-11)13(18)16-14(10-17)6-1-2-7-14/h3-5,8,17H,1-2,6-7,9-10H2,(H,16,18). The number of aliphatic hydroxyl groups is 1. The van der Waals surface area contributed by atoms with E-state index in [2.05, 4.69) is 5.32 Å². The minimum Gasteiger partial charge on any atom is -0.394 e. The summed E-state index contributed by atoms with van der Waals surface area (Å²) in [7, 11) is 0. The topological polar surface area (TPSA) is 49.3 Å². The Labute approximate surface area is 112 Å². The molecule has 0 bridgehead atoms. The molecule has 1 aliphatic carbocycles. The first-order valence-corrected chi connectivity index (χ1v) is 6.81. The van der Waals surface area contributed by atoms with Crippen LogP contribution in [0.4, 0.5) is 0 Å². The van der Waals surface area contributed by atoms with Crippen molar-refractivity contribution >= 4 is 17.5 Å². The lowest BCUT2D eigenvalue weighted by atomic mass is 9.98. The fourth-order valence-corrected chi connectivity index (χ4v) is 2.65. The first-order valence-electron chi connectivity index (χ1n) is 6.27. The van der Waals surface area contributed by atoms with E-state index in [9.17, 15) is 9.90 Å². The highest BCUT2D eigenvalue weighted by molar-refractivity contribution is 6.17. The number of alkyl halides is 1. The summed E-state index contributed by atoms with van der Waals surface area (Å²) < 4.78 is 0. The van der Waals surface area contributed by atoms with Crippen LogP contribution in [0.2, 0.25) is 0 Å². The van der Waals surface area contributed by atoms with Gasteiger partial charge in [0.2, 0.25) is 0 Å². The zero-order chi connectivity index (χ0) is 13.0. The van der Waals surface area contributed by atoms with Crippen molar-refractivity contribution in [3.63, 3.8) is 0 Å². The summed E-state index contributed by atoms with van der Waals surface area (Å²) in [4.78, 5) is 12.2. The van der Waals surface area contributed by atoms with E-state index in [4.69, 9.17) is 11.6 Å². The second kappa shape index (κ2) is 5.72. The van der Waals surface area contributed by atoms with Gasteiger partial charge in [-0.15, -0.1) is 11.6 Å². The van der Waals surface area contributed by atoms with Crippen LogP contribution in [0, 0.1) is 0 Å². The molecule has 0 aromatic heterocycles. The highest BCUT2D eigenvalue weighted by atomic mass is 35.5. The summed E-state index contributed by atoms with van der Waals surface area (Å²) >= 11 is 5.76. The van der Waals surface area contributed by atoms with E-state index in [1.54, 1.807) is 12.1 Å². The fraction of sp³-hybridized carbons (Fsp3) is 0.500. The summed E-state index contributed by atoms with van der Waals surface area (Å²) in [5, 5.41) is 12.5. The number of hydrogen-bond donors (Lipinski definition) is 2. The molecule has 2 N–H and O–H groups in total. The molecular formula is C14H18ClNO2. The Kier molecular flexibility index (Phi) is 4.25. The Morgan fingerprint density at radius 1 is 1.39 bits per heavy atom. The van der Waals surface area contributed by atoms with E-state index >= 15 is 0 Å². The van der Waals surface area contributed by atoms with Crippen molar-refractivity contribution in [1.82, 2.24) is 5.32 Å². The minimum atomic E-state index is -0.423. The lowest BCUT2D eigenvalue weighted by molar-refractivity contribution is 0.0838. The van der Waals surface area contributed by atoms with Gasteiger partial charge in [-0.25, -0.2) is 0 Å². The normalized spacial score (nSPS) is 17.7. The molecule has 1 fully saturated rings. The number of benzene rings is 1. The first-order chi connectivity index (χ1) is 8.69. The number of halogens is 1. The van der Waals surface area contributed by atoms with Crippen molar-refractivity contribution in [2.24, 2.45) is 0 Å². The first kappa shape index (κ1) is 13.4. The third kappa shape index (κ3) is 2.85. The van der Waals surface area contributed by atoms with Gasteiger partial charge in [0.15, 0.2) is 0 Å². The van der Waals surface area contributed by atoms with Crippen molar-refractivity contribution in [2.75, 3.05) is 6.61 Å². The zero-order valence-corrected chi connectivity index (χ0v) is 11.0. The number of aliphatic hydroxyl groups excluding tert-OH is 1. The quantitative estimate of drug-likeness (QED) is 0.824. The van der Waals surface area contributed by atoms with E-state index in [0.29, 0.717) is 11.4 Å². The van der Waals surface area contributed by atoms with E-state index in [1.165, 1.54) is 0 Å². The second-order valence-electron chi connectivity index (χ2n) is 4.93. The second-order valence-corrected chi connectivity index (χ2v) is 5.20. The molecule has 1 amide bonds. The molecule has 1 saturated carbocycles. The SMILES string of the molecule is O=C(NC1(CO)CCCC1)c1cccc(CCl)c1. The molecule has 0 atom stereocenters. The Balaban J connectivity index is 2.11. The van der Waals surface area contributed by atoms with Crippen LogP contribution in [0.5, 0.6) is 0 Å². The number of carbonyl (C=O) groups excluding carboxylic acids is 1. The van der Waals surface area contributed by atoms with E-state index in [1.807, 2.05) is 12.1 Å². The third-order valence-corrected chi connectivity index (χ3v) is 3.89. The fourth-order valence-electron chi connectivity index (χ4n) is 2.48. The van der Waals surface area contributed by atoms with E-state index < -0.39 is 5.54 Å². The Bertz CT molecular complexity index is 428. The van der Waals surface area contributed by atoms with Gasteiger partial charge in [0.05, 0.1) is 12.1 Å². The van der Waals surface area contributed by atoms with Gasteiger partial charge in [0.1, 0.15) is 0 Å². The Hall–Kier alpha value is -1.06. The molecule has 4 heteroatoms. The number of rotatable bonds is 4. The summed E-state index contributed by atoms with van der Waals surface area (Å²) in [5.74, 6) is 0.268. The molecule has 0 spiro atoms. The van der Waals surface area contributed by atoms with Gasteiger partial charge < -0.3 is 10.4 Å². The molecular weight excluding hydrogens is 250 g/mol. The maximum Gasteiger partial charge on any atom is 0.251 e. The lowest BCUT2D eigenvalue weighted by Gasteiger charge is -2.28. The average Bonchev–Trinajstić information content (AvgIpc) is 2.88. The van der Waals surface area contributed by atoms with Gasteiger partial charge in [0, 0.05) is 11.4 Å². The predicted octanol–water partition coefficient (Wildman–Crippen LogP) is 2.46. The molecule has 0 radical (unpaired) electrons. The number of amides is 1. The Morgan fingerprint density at radius 3 is 2.72 bits per heavy atom. The maximum absolute atomic E-state index is 12.2. The van der Waals surface area contributed by atoms with Gasteiger partial charge in [-0.2, -0.15) is 0 Å². The van der Waals surface area contributed by atoms with Crippen LogP contribution in [0.15, 0.2) is 24.3 Å². The van der Waals surface area contributed by atoms with Crippen LogP contribution in [0.1, 0.15) is 41.6 Å². The van der Waals surface area contributed by atoms with Gasteiger partial charge in [-0.1, -0.05) is 25.0 Å². The van der Waals surface area contributed by atoms with Crippen LogP contribution >= 0.6 is 11.6 Å². The van der Waals surface area contributed by atoms with Crippen LogP contribution < -0.4 is 5.32 Å². The van der Waals surface area contributed by atoms with Crippen molar-refractivity contribution in [2.45, 2.75) is 37.1 Å². The van der Waals surface area contributed by atoms with Gasteiger partial charge in [-0.3, -0.25) is 4.79 Å². The molecule has 0 saturated heterocycles. The molecule has 3 nitrogen and oxygen atoms in total. The van der Waals surface area contributed by atoms with Gasteiger partial charge in [-0.05, 0) is 30.5 Å². The molecule has 1 aromatic carbocycles. The predicted molar refractivity (Wildman–Crippen MR) is 71.8 cm³/mol. The number of carbonyl (C=O) groups is 1. The highest BCUT2D eigenvalue weighted by Crippen LogP contribution is 2.29. The smallest absolute Gasteiger partial charge is 0.251 e. The molecule has 0 aliphatic heterocycles. The number of nitrogens with one attached hydrogen (secondary N) is 1. The van der Waals surface area contributed by atoms with Crippen molar-refractivity contribution in [3.05, 3.63) is 35.4 Å². The average molecular weight is 268 g/mol. The van der Waals surface area contributed by atoms with Crippen LogP contribution in [0.25, 0.3) is 0 Å². The molecule has 0 heterocycles. The third-order valence-electron chi connectivity index (χ3n) is 3.59. The van der Waals surface area contributed by atoms with Gasteiger partial charge in [0.25, 0.3) is 5.91 Å². The molecule has 1 aliphatic rings. The highest BCUT2D eigenvalue weighted by Gasteiger charge is 2.34. The van der Waals surface area contributed by atoms with Crippen LogP contribution in [0.3, 0.4) is 0 Å². The summed E-state index contributed by atoms with van der Waals surface area (Å²) in [5.41, 5.74) is 1.11. The van der Waals surface area contributed by atoms with E-state index in [0.717, 1.165) is 31.2 Å². The zero-order valence-electron chi connectivity index (χ0n) is 10.3. The lowest BCUT2D eigenvalue weighted by Crippen LogP contribution is -2.49. The summed E-state index contributed by atoms with van der Waals surface area (Å²) in [6.45, 7) is 0.00787. The van der Waals surface area contributed by atoms with E-state index in [-0.39, 0.29) is 12.5 Å². The van der Waals surface area contributed by atoms with Crippen molar-refractivity contribution in [3.8, 4) is 0 Å². The number of hydrogen-bond acceptors (Lipinski definition) is 2. The van der Waals surface area contributed by atoms with Gasteiger partial charge >= 0.3 is 0 Å².